The van der Waals surface area contributed by atoms with Crippen LogP contribution in [0.2, 0.25) is 0 Å². The Morgan fingerprint density at radius 3 is 2.87 bits per heavy atom. The minimum absolute atomic E-state index is 0.469. The molecule has 3 heteroatoms. The van der Waals surface area contributed by atoms with Crippen LogP contribution in [-0.2, 0) is 0 Å². The summed E-state index contributed by atoms with van der Waals surface area (Å²) >= 11 is 1.80. The summed E-state index contributed by atoms with van der Waals surface area (Å²) in [6.45, 7) is 5.48. The molecule has 1 aliphatic carbocycles. The maximum atomic E-state index is 4.30. The molecule has 0 radical (unpaired) electrons. The highest BCUT2D eigenvalue weighted by atomic mass is 32.1. The van der Waals surface area contributed by atoms with Gasteiger partial charge < -0.3 is 5.32 Å². The third-order valence-electron chi connectivity index (χ3n) is 3.25. The van der Waals surface area contributed by atoms with Gasteiger partial charge in [0, 0.05) is 17.1 Å². The first kappa shape index (κ1) is 11.1. The zero-order valence-corrected chi connectivity index (χ0v) is 10.4. The van der Waals surface area contributed by atoms with Gasteiger partial charge in [0.05, 0.1) is 5.01 Å². The number of nitrogens with one attached hydrogen (secondary N) is 1. The monoisotopic (exact) mass is 224 g/mol. The van der Waals surface area contributed by atoms with E-state index in [0.29, 0.717) is 6.04 Å². The molecule has 0 spiro atoms. The van der Waals surface area contributed by atoms with Crippen LogP contribution in [0, 0.1) is 12.8 Å². The molecule has 0 aromatic carbocycles. The molecule has 2 nitrogen and oxygen atoms in total. The Morgan fingerprint density at radius 2 is 2.27 bits per heavy atom. The van der Waals surface area contributed by atoms with E-state index in [1.54, 1.807) is 11.3 Å². The Balaban J connectivity index is 1.79. The van der Waals surface area contributed by atoms with Crippen LogP contribution in [-0.4, -0.2) is 11.5 Å². The normalized spacial score (nSPS) is 19.6. The number of aryl methyl sites for hydroxylation is 1. The summed E-state index contributed by atoms with van der Waals surface area (Å²) in [5.74, 6) is 0.918. The highest BCUT2D eigenvalue weighted by Crippen LogP contribution is 2.25. The molecule has 1 aliphatic rings. The number of hydrogen-bond donors (Lipinski definition) is 1. The molecule has 0 amide bonds. The van der Waals surface area contributed by atoms with Gasteiger partial charge in [-0.15, -0.1) is 11.3 Å². The summed E-state index contributed by atoms with van der Waals surface area (Å²) in [5.41, 5.74) is 0. The van der Waals surface area contributed by atoms with Crippen LogP contribution in [0.25, 0.3) is 0 Å². The lowest BCUT2D eigenvalue weighted by Crippen LogP contribution is -2.23. The van der Waals surface area contributed by atoms with Crippen LogP contribution >= 0.6 is 11.3 Å². The first-order valence-electron chi connectivity index (χ1n) is 5.91. The fourth-order valence-corrected chi connectivity index (χ4v) is 3.05. The van der Waals surface area contributed by atoms with E-state index in [2.05, 4.69) is 24.1 Å². The predicted octanol–water partition coefficient (Wildman–Crippen LogP) is 3.29. The van der Waals surface area contributed by atoms with Crippen LogP contribution in [0.1, 0.15) is 48.5 Å². The fraction of sp³-hybridized carbons (Fsp3) is 0.750. The molecule has 1 saturated carbocycles. The Bertz CT molecular complexity index is 302. The second-order valence-electron chi connectivity index (χ2n) is 4.56. The number of hydrogen-bond acceptors (Lipinski definition) is 3. The van der Waals surface area contributed by atoms with Gasteiger partial charge in [0.25, 0.3) is 0 Å². The molecule has 1 N–H and O–H groups in total. The smallest absolute Gasteiger partial charge is 0.0897 e. The molecule has 1 unspecified atom stereocenters. The van der Waals surface area contributed by atoms with Gasteiger partial charge in [-0.1, -0.05) is 12.8 Å². The molecule has 84 valence electrons. The lowest BCUT2D eigenvalue weighted by atomic mass is 10.1. The Labute approximate surface area is 96.1 Å². The summed E-state index contributed by atoms with van der Waals surface area (Å²) in [6.07, 6.45) is 7.70. The maximum absolute atomic E-state index is 4.30. The molecular formula is C12H20N2S. The molecule has 1 atom stereocenters. The third kappa shape index (κ3) is 3.02. The van der Waals surface area contributed by atoms with Crippen molar-refractivity contribution in [3.05, 3.63) is 16.1 Å². The lowest BCUT2D eigenvalue weighted by molar-refractivity contribution is 0.455. The lowest BCUT2D eigenvalue weighted by Gasteiger charge is -2.15. The van der Waals surface area contributed by atoms with Gasteiger partial charge in [0.1, 0.15) is 0 Å². The van der Waals surface area contributed by atoms with Gasteiger partial charge in [-0.05, 0) is 39.2 Å². The van der Waals surface area contributed by atoms with Gasteiger partial charge in [-0.2, -0.15) is 0 Å². The molecule has 2 rings (SSSR count). The van der Waals surface area contributed by atoms with Crippen molar-refractivity contribution in [2.75, 3.05) is 6.54 Å². The molecule has 1 fully saturated rings. The van der Waals surface area contributed by atoms with Crippen molar-refractivity contribution in [1.29, 1.82) is 0 Å². The molecular weight excluding hydrogens is 204 g/mol. The molecule has 1 heterocycles. The van der Waals surface area contributed by atoms with Crippen LogP contribution < -0.4 is 5.32 Å². The first-order valence-corrected chi connectivity index (χ1v) is 6.73. The van der Waals surface area contributed by atoms with E-state index in [0.717, 1.165) is 5.92 Å². The first-order chi connectivity index (χ1) is 7.25. The van der Waals surface area contributed by atoms with Gasteiger partial charge in [0.2, 0.25) is 0 Å². The quantitative estimate of drug-likeness (QED) is 0.849. The molecule has 15 heavy (non-hydrogen) atoms. The number of aromatic nitrogens is 1. The summed E-state index contributed by atoms with van der Waals surface area (Å²) in [6, 6.07) is 0.469. The zero-order chi connectivity index (χ0) is 10.7. The summed E-state index contributed by atoms with van der Waals surface area (Å²) in [5, 5.41) is 4.79. The number of thiazole rings is 1. The van der Waals surface area contributed by atoms with E-state index in [-0.39, 0.29) is 0 Å². The SMILES string of the molecule is Cc1ncc(C(C)NCC2CCCC2)s1. The molecule has 1 aromatic heterocycles. The van der Waals surface area contributed by atoms with Crippen LogP contribution in [0.5, 0.6) is 0 Å². The van der Waals surface area contributed by atoms with Gasteiger partial charge in [-0.3, -0.25) is 0 Å². The Hall–Kier alpha value is -0.410. The minimum atomic E-state index is 0.469. The topological polar surface area (TPSA) is 24.9 Å². The summed E-state index contributed by atoms with van der Waals surface area (Å²) < 4.78 is 0. The average Bonchev–Trinajstić information content (AvgIpc) is 2.84. The highest BCUT2D eigenvalue weighted by molar-refractivity contribution is 7.11. The van der Waals surface area contributed by atoms with Crippen molar-refractivity contribution >= 4 is 11.3 Å². The van der Waals surface area contributed by atoms with Crippen LogP contribution in [0.3, 0.4) is 0 Å². The van der Waals surface area contributed by atoms with Crippen molar-refractivity contribution in [3.8, 4) is 0 Å². The minimum Gasteiger partial charge on any atom is -0.309 e. The predicted molar refractivity (Wildman–Crippen MR) is 65.2 cm³/mol. The van der Waals surface area contributed by atoms with Gasteiger partial charge >= 0.3 is 0 Å². The van der Waals surface area contributed by atoms with E-state index < -0.39 is 0 Å². The highest BCUT2D eigenvalue weighted by Gasteiger charge is 2.16. The number of nitrogens with zero attached hydrogens (tertiary/aromatic N) is 1. The standard InChI is InChI=1S/C12H20N2S/c1-9(12-8-14-10(2)15-12)13-7-11-5-3-4-6-11/h8-9,11,13H,3-7H2,1-2H3. The van der Waals surface area contributed by atoms with Crippen molar-refractivity contribution in [1.82, 2.24) is 10.3 Å². The summed E-state index contributed by atoms with van der Waals surface area (Å²) in [4.78, 5) is 5.66. The Morgan fingerprint density at radius 1 is 1.53 bits per heavy atom. The van der Waals surface area contributed by atoms with E-state index in [4.69, 9.17) is 0 Å². The van der Waals surface area contributed by atoms with E-state index >= 15 is 0 Å². The van der Waals surface area contributed by atoms with Crippen molar-refractivity contribution in [3.63, 3.8) is 0 Å². The van der Waals surface area contributed by atoms with Crippen molar-refractivity contribution in [2.24, 2.45) is 5.92 Å². The van der Waals surface area contributed by atoms with E-state index in [1.807, 2.05) is 6.20 Å². The van der Waals surface area contributed by atoms with Crippen LogP contribution in [0.15, 0.2) is 6.20 Å². The summed E-state index contributed by atoms with van der Waals surface area (Å²) in [7, 11) is 0. The van der Waals surface area contributed by atoms with Crippen molar-refractivity contribution in [2.45, 2.75) is 45.6 Å². The van der Waals surface area contributed by atoms with E-state index in [9.17, 15) is 0 Å². The third-order valence-corrected chi connectivity index (χ3v) is 4.35. The van der Waals surface area contributed by atoms with Crippen LogP contribution in [0.4, 0.5) is 0 Å². The second-order valence-corrected chi connectivity index (χ2v) is 5.83. The van der Waals surface area contributed by atoms with Gasteiger partial charge in [0.15, 0.2) is 0 Å². The average molecular weight is 224 g/mol. The second kappa shape index (κ2) is 5.08. The number of rotatable bonds is 4. The zero-order valence-electron chi connectivity index (χ0n) is 9.62. The van der Waals surface area contributed by atoms with E-state index in [1.165, 1.54) is 42.1 Å². The molecule has 1 aromatic rings. The molecule has 0 bridgehead atoms. The molecule has 0 saturated heterocycles. The van der Waals surface area contributed by atoms with Crippen molar-refractivity contribution < 1.29 is 0 Å². The van der Waals surface area contributed by atoms with Gasteiger partial charge in [-0.25, -0.2) is 4.98 Å². The molecule has 0 aliphatic heterocycles. The maximum Gasteiger partial charge on any atom is 0.0897 e. The largest absolute Gasteiger partial charge is 0.309 e. The fourth-order valence-electron chi connectivity index (χ4n) is 2.24. The Kier molecular flexibility index (Phi) is 3.76.